The van der Waals surface area contributed by atoms with E-state index in [0.29, 0.717) is 11.1 Å². The van der Waals surface area contributed by atoms with Gasteiger partial charge in [-0.1, -0.05) is 65.1 Å². The second-order valence-electron chi connectivity index (χ2n) is 9.85. The summed E-state index contributed by atoms with van der Waals surface area (Å²) in [4.78, 5) is 18.6. The Balaban J connectivity index is 1.88. The van der Waals surface area contributed by atoms with Crippen molar-refractivity contribution < 1.29 is 9.90 Å². The number of aliphatic hydroxyl groups excluding tert-OH is 1. The molecule has 1 aromatic heterocycles. The third-order valence-corrected chi connectivity index (χ3v) is 8.90. The van der Waals surface area contributed by atoms with Crippen molar-refractivity contribution in [3.8, 4) is 0 Å². The zero-order valence-electron chi connectivity index (χ0n) is 22.6. The first-order valence-electron chi connectivity index (χ1n) is 14.0. The van der Waals surface area contributed by atoms with Crippen LogP contribution in [0.25, 0.3) is 6.08 Å². The highest BCUT2D eigenvalue weighted by Gasteiger charge is 2.32. The van der Waals surface area contributed by atoms with Crippen molar-refractivity contribution in [1.29, 1.82) is 0 Å². The van der Waals surface area contributed by atoms with Crippen LogP contribution in [0.1, 0.15) is 107 Å². The van der Waals surface area contributed by atoms with Gasteiger partial charge in [0.15, 0.2) is 0 Å². The second-order valence-corrected chi connectivity index (χ2v) is 12.4. The molecule has 0 amide bonds. The third kappa shape index (κ3) is 8.05. The van der Waals surface area contributed by atoms with Crippen LogP contribution in [-0.4, -0.2) is 10.9 Å². The Hall–Kier alpha value is -1.91. The van der Waals surface area contributed by atoms with E-state index in [9.17, 15) is 9.90 Å². The number of carbonyl (C=O) groups is 1. The minimum absolute atomic E-state index is 0.0528. The molecular weight excluding hydrogens is 480 g/mol. The molecule has 36 heavy (non-hydrogen) atoms. The van der Waals surface area contributed by atoms with Gasteiger partial charge in [-0.05, 0) is 83.8 Å². The number of hydrogen-bond acceptors (Lipinski definition) is 3. The maximum atomic E-state index is 13.1. The number of carbonyl (C=O) groups excluding carboxylic acids is 1. The minimum Gasteiger partial charge on any atom is -0.506 e. The van der Waals surface area contributed by atoms with Crippen LogP contribution in [-0.2, 0) is 17.6 Å². The standard InChI is InChI=1S/C32H42O2S2/c1-5-9-13-25-17-23(18-26(35-25)14-10-6-2)21-29-31(33)30(32(29)34)22-24-19-27(15-11-7-3)36-28(20-24)16-12-8-4/h17-22H,5-16H2,1-4H3/p+1. The lowest BCUT2D eigenvalue weighted by molar-refractivity contribution is -0.113. The van der Waals surface area contributed by atoms with E-state index in [2.05, 4.69) is 52.0 Å². The topological polar surface area (TPSA) is 37.3 Å². The molecule has 0 bridgehead atoms. The van der Waals surface area contributed by atoms with E-state index in [0.717, 1.165) is 36.8 Å². The molecule has 3 rings (SSSR count). The minimum atomic E-state index is -0.0528. The van der Waals surface area contributed by atoms with E-state index in [1.54, 1.807) is 0 Å². The number of unbranched alkanes of at least 4 members (excludes halogenated alkanes) is 4. The Morgan fingerprint density at radius 2 is 1.28 bits per heavy atom. The van der Waals surface area contributed by atoms with Crippen LogP contribution in [0.15, 0.2) is 62.6 Å². The molecule has 2 nitrogen and oxygen atoms in total. The van der Waals surface area contributed by atoms with Gasteiger partial charge in [-0.3, -0.25) is 4.79 Å². The van der Waals surface area contributed by atoms with Crippen LogP contribution in [0.4, 0.5) is 0 Å². The van der Waals surface area contributed by atoms with Gasteiger partial charge in [-0.15, -0.1) is 0 Å². The van der Waals surface area contributed by atoms with Crippen LogP contribution in [0.2, 0.25) is 0 Å². The van der Waals surface area contributed by atoms with E-state index in [-0.39, 0.29) is 11.5 Å². The zero-order chi connectivity index (χ0) is 25.9. The molecule has 194 valence electrons. The van der Waals surface area contributed by atoms with E-state index >= 15 is 0 Å². The molecule has 4 heteroatoms. The van der Waals surface area contributed by atoms with Gasteiger partial charge in [0.2, 0.25) is 26.9 Å². The van der Waals surface area contributed by atoms with Crippen LogP contribution in [0, 0.1) is 0 Å². The quantitative estimate of drug-likeness (QED) is 0.195. The predicted octanol–water partition coefficient (Wildman–Crippen LogP) is 10.3. The number of hydrogen-bond donors (Lipinski definition) is 1. The van der Waals surface area contributed by atoms with Gasteiger partial charge in [0, 0.05) is 25.0 Å². The number of thioether (sulfide) groups is 1. The third-order valence-electron chi connectivity index (χ3n) is 6.56. The molecule has 2 heterocycles. The summed E-state index contributed by atoms with van der Waals surface area (Å²) in [6.07, 6.45) is 21.8. The summed E-state index contributed by atoms with van der Waals surface area (Å²) in [5, 5.41) is 10.9. The zero-order valence-corrected chi connectivity index (χ0v) is 24.3. The van der Waals surface area contributed by atoms with Crippen LogP contribution >= 0.6 is 23.1 Å². The molecule has 1 aliphatic heterocycles. The number of ketones is 1. The summed E-state index contributed by atoms with van der Waals surface area (Å²) >= 11 is 3.79. The lowest BCUT2D eigenvalue weighted by Crippen LogP contribution is -2.21. The lowest BCUT2D eigenvalue weighted by atomic mass is 9.85. The normalized spacial score (nSPS) is 16.8. The molecule has 1 aromatic rings. The molecule has 0 aromatic carbocycles. The first kappa shape index (κ1) is 28.7. The molecule has 0 spiro atoms. The van der Waals surface area contributed by atoms with Crippen LogP contribution in [0.5, 0.6) is 0 Å². The Kier molecular flexibility index (Phi) is 11.7. The molecule has 1 N–H and O–H groups in total. The van der Waals surface area contributed by atoms with E-state index in [1.807, 2.05) is 35.3 Å². The predicted molar refractivity (Wildman–Crippen MR) is 159 cm³/mol. The Morgan fingerprint density at radius 3 is 1.75 bits per heavy atom. The SMILES string of the molecule is CCCCC1=CC(=CC2=C(O)/C(=C/c3cc(CCCC)[s+]c(CCCC)c3)C2=O)C=C(CCCC)S1. The van der Waals surface area contributed by atoms with Crippen molar-refractivity contribution in [2.75, 3.05) is 0 Å². The highest BCUT2D eigenvalue weighted by molar-refractivity contribution is 8.06. The average molecular weight is 524 g/mol. The first-order chi connectivity index (χ1) is 17.5. The number of aliphatic hydroxyl groups is 1. The molecule has 0 radical (unpaired) electrons. The average Bonchev–Trinajstić information content (AvgIpc) is 2.89. The molecule has 1 aliphatic carbocycles. The fourth-order valence-corrected chi connectivity index (χ4v) is 6.83. The van der Waals surface area contributed by atoms with Crippen molar-refractivity contribution in [3.63, 3.8) is 0 Å². The van der Waals surface area contributed by atoms with Crippen LogP contribution in [0.3, 0.4) is 0 Å². The molecule has 0 unspecified atom stereocenters. The first-order valence-corrected chi connectivity index (χ1v) is 15.6. The summed E-state index contributed by atoms with van der Waals surface area (Å²) in [5.74, 6) is 0.0819. The Bertz CT molecular complexity index is 1030. The molecule has 0 fully saturated rings. The van der Waals surface area contributed by atoms with Crippen molar-refractivity contribution in [2.45, 2.75) is 105 Å². The highest BCUT2D eigenvalue weighted by Crippen LogP contribution is 2.40. The molecule has 0 saturated carbocycles. The Morgan fingerprint density at radius 1 is 0.778 bits per heavy atom. The van der Waals surface area contributed by atoms with E-state index < -0.39 is 0 Å². The number of allylic oxidation sites excluding steroid dienone is 8. The second kappa shape index (κ2) is 14.7. The maximum absolute atomic E-state index is 13.1. The van der Waals surface area contributed by atoms with Gasteiger partial charge in [-0.25, -0.2) is 0 Å². The van der Waals surface area contributed by atoms with Crippen molar-refractivity contribution in [1.82, 2.24) is 0 Å². The van der Waals surface area contributed by atoms with Crippen molar-refractivity contribution in [2.24, 2.45) is 0 Å². The maximum Gasteiger partial charge on any atom is 0.218 e. The van der Waals surface area contributed by atoms with Crippen molar-refractivity contribution >= 4 is 35.0 Å². The fourth-order valence-electron chi connectivity index (χ4n) is 4.39. The van der Waals surface area contributed by atoms with Crippen LogP contribution < -0.4 is 0 Å². The number of Topliss-reactive ketones (excluding diaryl/α,β-unsaturated/α-hetero) is 1. The summed E-state index contributed by atoms with van der Waals surface area (Å²) in [7, 11) is 0. The summed E-state index contributed by atoms with van der Waals surface area (Å²) in [6.45, 7) is 8.87. The molecule has 2 aliphatic rings. The highest BCUT2D eigenvalue weighted by atomic mass is 32.2. The van der Waals surface area contributed by atoms with Gasteiger partial charge in [0.05, 0.1) is 11.1 Å². The smallest absolute Gasteiger partial charge is 0.218 e. The molecular formula is C32H43O2S2+. The summed E-state index contributed by atoms with van der Waals surface area (Å²) < 4.78 is 0. The fraction of sp³-hybridized carbons (Fsp3) is 0.500. The lowest BCUT2D eigenvalue weighted by Gasteiger charge is -2.21. The molecule has 0 atom stereocenters. The number of rotatable bonds is 14. The van der Waals surface area contributed by atoms with E-state index in [4.69, 9.17) is 0 Å². The van der Waals surface area contributed by atoms with Gasteiger partial charge >= 0.3 is 0 Å². The van der Waals surface area contributed by atoms with Gasteiger partial charge in [0.25, 0.3) is 0 Å². The Labute approximate surface area is 227 Å². The van der Waals surface area contributed by atoms with Gasteiger partial charge < -0.3 is 5.11 Å². The number of aryl methyl sites for hydroxylation is 2. The summed E-state index contributed by atoms with van der Waals surface area (Å²) in [6, 6.07) is 4.40. The largest absolute Gasteiger partial charge is 0.506 e. The van der Waals surface area contributed by atoms with Gasteiger partial charge in [0.1, 0.15) is 5.76 Å². The monoisotopic (exact) mass is 523 g/mol. The van der Waals surface area contributed by atoms with Gasteiger partial charge in [-0.2, -0.15) is 0 Å². The van der Waals surface area contributed by atoms with Crippen molar-refractivity contribution in [3.05, 3.63) is 78.0 Å². The molecule has 0 saturated heterocycles. The van der Waals surface area contributed by atoms with E-state index in [1.165, 1.54) is 70.9 Å². The summed E-state index contributed by atoms with van der Waals surface area (Å²) in [5.41, 5.74) is 2.95.